The first-order valence-corrected chi connectivity index (χ1v) is 34.8. The van der Waals surface area contributed by atoms with Crippen LogP contribution in [0.4, 0.5) is 34.1 Å². The fraction of sp³-hybridized carbons (Fsp3) is 0.0426. The molecule has 4 nitrogen and oxygen atoms in total. The standard InChI is InChI=1S/C94H67BN4/c1-2-3-30-63-55-90-92-91(56-63)99(94-80(68-39-18-8-19-40-68)59-71(65-33-12-5-13-34-65)60-81(94)69-41-20-9-21-42-69)89-62-73(97-86-49-28-24-45-76(86)77-46-25-29-50-87(77)97)52-54-83(89)95(92)82-53-51-72(96-84-47-26-22-43-74(84)75-44-23-27-48-85(75)96)61-88(82)98(90)93-78(66-35-14-6-15-36-66)57-70(64-31-10-4-11-32-64)58-79(93)67-37-16-7-17-38-67/h4-29,31-62H,2-3,30H2,1H3. The molecule has 0 bridgehead atoms. The number of aromatic nitrogens is 2. The van der Waals surface area contributed by atoms with Crippen LogP contribution in [-0.2, 0) is 6.42 Å². The number of unbranched alkanes of at least 4 members (excludes halogenated alkanes) is 1. The molecule has 0 spiro atoms. The maximum Gasteiger partial charge on any atom is 0.252 e. The minimum Gasteiger partial charge on any atom is -0.310 e. The van der Waals surface area contributed by atoms with E-state index < -0.39 is 0 Å². The Hall–Kier alpha value is -12.4. The van der Waals surface area contributed by atoms with Crippen molar-refractivity contribution in [3.05, 3.63) is 357 Å². The highest BCUT2D eigenvalue weighted by Gasteiger charge is 2.46. The number of rotatable bonds is 13. The second kappa shape index (κ2) is 24.0. The third-order valence-electron chi connectivity index (χ3n) is 20.8. The molecule has 0 unspecified atom stereocenters. The number of fused-ring (bicyclic) bond motifs is 10. The summed E-state index contributed by atoms with van der Waals surface area (Å²) in [4.78, 5) is 5.45. The molecule has 0 saturated carbocycles. The number of anilines is 6. The molecule has 0 amide bonds. The zero-order chi connectivity index (χ0) is 65.5. The van der Waals surface area contributed by atoms with E-state index in [0.717, 1.165) is 109 Å². The molecule has 0 radical (unpaired) electrons. The fourth-order valence-electron chi connectivity index (χ4n) is 16.4. The molecule has 2 aromatic heterocycles. The molecule has 15 aromatic carbocycles. The van der Waals surface area contributed by atoms with Crippen LogP contribution in [0.3, 0.4) is 0 Å². The third-order valence-corrected chi connectivity index (χ3v) is 20.8. The molecule has 99 heavy (non-hydrogen) atoms. The van der Waals surface area contributed by atoms with Gasteiger partial charge >= 0.3 is 0 Å². The van der Waals surface area contributed by atoms with Crippen LogP contribution in [0.2, 0.25) is 0 Å². The van der Waals surface area contributed by atoms with Gasteiger partial charge in [0.1, 0.15) is 0 Å². The van der Waals surface area contributed by atoms with Gasteiger partial charge < -0.3 is 18.9 Å². The van der Waals surface area contributed by atoms with Gasteiger partial charge in [0.15, 0.2) is 0 Å². The van der Waals surface area contributed by atoms with Crippen LogP contribution in [0.15, 0.2) is 352 Å². The van der Waals surface area contributed by atoms with Gasteiger partial charge in [0.05, 0.1) is 33.4 Å². The van der Waals surface area contributed by atoms with Crippen LogP contribution in [0.25, 0.3) is 122 Å². The van der Waals surface area contributed by atoms with Crippen LogP contribution in [0.5, 0.6) is 0 Å². The summed E-state index contributed by atoms with van der Waals surface area (Å²) in [5.74, 6) is 0. The fourth-order valence-corrected chi connectivity index (χ4v) is 16.4. The molecule has 2 aliphatic heterocycles. The molecule has 0 atom stereocenters. The lowest BCUT2D eigenvalue weighted by atomic mass is 9.33. The van der Waals surface area contributed by atoms with E-state index in [1.165, 1.54) is 88.1 Å². The van der Waals surface area contributed by atoms with Crippen molar-refractivity contribution in [3.8, 4) is 78.1 Å². The zero-order valence-corrected chi connectivity index (χ0v) is 55.0. The smallest absolute Gasteiger partial charge is 0.252 e. The summed E-state index contributed by atoms with van der Waals surface area (Å²) in [6.07, 6.45) is 2.96. The number of para-hydroxylation sites is 4. The van der Waals surface area contributed by atoms with Crippen molar-refractivity contribution in [2.75, 3.05) is 9.80 Å². The van der Waals surface area contributed by atoms with Crippen molar-refractivity contribution < 1.29 is 0 Å². The Morgan fingerprint density at radius 3 is 0.869 bits per heavy atom. The van der Waals surface area contributed by atoms with Crippen LogP contribution >= 0.6 is 0 Å². The second-order valence-electron chi connectivity index (χ2n) is 26.5. The zero-order valence-electron chi connectivity index (χ0n) is 55.0. The number of hydrogen-bond acceptors (Lipinski definition) is 2. The van der Waals surface area contributed by atoms with E-state index >= 15 is 0 Å². The van der Waals surface area contributed by atoms with E-state index in [4.69, 9.17) is 0 Å². The molecule has 0 N–H and O–H groups in total. The molecule has 466 valence electrons. The van der Waals surface area contributed by atoms with E-state index in [0.29, 0.717) is 0 Å². The maximum atomic E-state index is 2.72. The molecule has 4 heterocycles. The second-order valence-corrected chi connectivity index (χ2v) is 26.5. The van der Waals surface area contributed by atoms with Crippen molar-refractivity contribution >= 4 is 101 Å². The Bertz CT molecular complexity index is 5370. The van der Waals surface area contributed by atoms with E-state index in [9.17, 15) is 0 Å². The van der Waals surface area contributed by atoms with Crippen molar-refractivity contribution in [3.63, 3.8) is 0 Å². The van der Waals surface area contributed by atoms with Crippen molar-refractivity contribution in [1.82, 2.24) is 9.13 Å². The SMILES string of the molecule is CCCCc1cc2c3c(c1)N(c1c(-c4ccccc4)cc(-c4ccccc4)cc1-c1ccccc1)c1cc(-n4c5ccccc5c5ccccc54)ccc1B3c1ccc(-n3c4ccccc4c4ccccc43)cc1N2c1c(-c2ccccc2)cc(-c2ccccc2)cc1-c1ccccc1. The molecule has 0 fully saturated rings. The molecule has 19 rings (SSSR count). The van der Waals surface area contributed by atoms with Gasteiger partial charge in [-0.05, 0) is 164 Å². The number of hydrogen-bond donors (Lipinski definition) is 0. The normalized spacial score (nSPS) is 12.4. The van der Waals surface area contributed by atoms with Gasteiger partial charge in [0.25, 0.3) is 6.71 Å². The molecule has 2 aliphatic rings. The maximum absolute atomic E-state index is 2.72. The summed E-state index contributed by atoms with van der Waals surface area (Å²) in [5, 5.41) is 4.92. The molecule has 0 aliphatic carbocycles. The van der Waals surface area contributed by atoms with Gasteiger partial charge in [-0.15, -0.1) is 0 Å². The summed E-state index contributed by atoms with van der Waals surface area (Å²) in [5.41, 5.74) is 32.6. The lowest BCUT2D eigenvalue weighted by Gasteiger charge is -2.46. The Balaban J connectivity index is 0.993. The largest absolute Gasteiger partial charge is 0.310 e. The number of benzene rings is 15. The third kappa shape index (κ3) is 9.59. The Morgan fingerprint density at radius 2 is 0.556 bits per heavy atom. The summed E-state index contributed by atoms with van der Waals surface area (Å²) >= 11 is 0. The monoisotopic (exact) mass is 1260 g/mol. The van der Waals surface area contributed by atoms with Crippen LogP contribution in [0, 0.1) is 0 Å². The molecular weight excluding hydrogens is 1200 g/mol. The topological polar surface area (TPSA) is 16.3 Å². The number of aryl methyl sites for hydroxylation is 1. The van der Waals surface area contributed by atoms with Crippen LogP contribution in [0.1, 0.15) is 25.3 Å². The van der Waals surface area contributed by atoms with Crippen molar-refractivity contribution in [1.29, 1.82) is 0 Å². The summed E-state index contributed by atoms with van der Waals surface area (Å²) < 4.78 is 5.00. The Morgan fingerprint density at radius 1 is 0.263 bits per heavy atom. The van der Waals surface area contributed by atoms with Gasteiger partial charge in [0.2, 0.25) is 0 Å². The predicted molar refractivity (Wildman–Crippen MR) is 420 cm³/mol. The average Bonchev–Trinajstić information content (AvgIpc) is 1.54. The van der Waals surface area contributed by atoms with Crippen molar-refractivity contribution in [2.24, 2.45) is 0 Å². The molecule has 5 heteroatoms. The van der Waals surface area contributed by atoms with Crippen LogP contribution in [-0.4, -0.2) is 15.8 Å². The average molecular weight is 1260 g/mol. The van der Waals surface area contributed by atoms with E-state index in [1.54, 1.807) is 0 Å². The van der Waals surface area contributed by atoms with Gasteiger partial charge in [0, 0.05) is 77.9 Å². The summed E-state index contributed by atoms with van der Waals surface area (Å²) in [7, 11) is 0. The highest BCUT2D eigenvalue weighted by atomic mass is 15.2. The highest BCUT2D eigenvalue weighted by molar-refractivity contribution is 7.00. The van der Waals surface area contributed by atoms with Crippen molar-refractivity contribution in [2.45, 2.75) is 26.2 Å². The van der Waals surface area contributed by atoms with E-state index in [1.807, 2.05) is 0 Å². The predicted octanol–water partition coefficient (Wildman–Crippen LogP) is 23.3. The quantitative estimate of drug-likeness (QED) is 0.107. The minimum absolute atomic E-state index is 0.222. The molecular formula is C94H67BN4. The highest BCUT2D eigenvalue weighted by Crippen LogP contribution is 2.55. The van der Waals surface area contributed by atoms with Gasteiger partial charge in [-0.3, -0.25) is 0 Å². The lowest BCUT2D eigenvalue weighted by molar-refractivity contribution is 0.795. The molecule has 17 aromatic rings. The summed E-state index contributed by atoms with van der Waals surface area (Å²) in [6.45, 7) is 2.11. The Labute approximate surface area is 577 Å². The van der Waals surface area contributed by atoms with E-state index in [2.05, 4.69) is 378 Å². The Kier molecular flexibility index (Phi) is 14.1. The minimum atomic E-state index is -0.222. The molecule has 0 saturated heterocycles. The number of nitrogens with zero attached hydrogens (tertiary/aromatic N) is 4. The first-order chi connectivity index (χ1) is 49.1. The summed E-state index contributed by atoms with van der Waals surface area (Å²) in [6, 6.07) is 132. The van der Waals surface area contributed by atoms with Gasteiger partial charge in [-0.1, -0.05) is 280 Å². The lowest BCUT2D eigenvalue weighted by Crippen LogP contribution is -2.61. The van der Waals surface area contributed by atoms with E-state index in [-0.39, 0.29) is 6.71 Å². The first-order valence-electron chi connectivity index (χ1n) is 34.8. The van der Waals surface area contributed by atoms with Crippen LogP contribution < -0.4 is 26.2 Å². The van der Waals surface area contributed by atoms with Gasteiger partial charge in [-0.2, -0.15) is 0 Å². The van der Waals surface area contributed by atoms with Gasteiger partial charge in [-0.25, -0.2) is 0 Å². The first kappa shape index (κ1) is 58.0.